The quantitative estimate of drug-likeness (QED) is 0.562. The van der Waals surface area contributed by atoms with Crippen LogP contribution >= 0.6 is 0 Å². The fourth-order valence-corrected chi connectivity index (χ4v) is 2.00. The number of anilines is 1. The van der Waals surface area contributed by atoms with Gasteiger partial charge in [0.05, 0.1) is 23.6 Å². The second-order valence-corrected chi connectivity index (χ2v) is 4.40. The molecule has 7 heteroatoms. The van der Waals surface area contributed by atoms with Gasteiger partial charge in [-0.3, -0.25) is 10.1 Å². The zero-order valence-electron chi connectivity index (χ0n) is 10.7. The number of aryl methyl sites for hydroxylation is 1. The minimum absolute atomic E-state index is 0.249. The molecule has 0 aliphatic carbocycles. The van der Waals surface area contributed by atoms with Crippen molar-refractivity contribution >= 4 is 22.6 Å². The lowest BCUT2D eigenvalue weighted by atomic mass is 10.2. The number of aromatic nitrogens is 2. The third-order valence-corrected chi connectivity index (χ3v) is 2.89. The number of hydrogen-bond donors (Lipinski definition) is 2. The van der Waals surface area contributed by atoms with Crippen LogP contribution < -0.4 is 5.32 Å². The third kappa shape index (κ3) is 2.33. The molecule has 0 saturated heterocycles. The van der Waals surface area contributed by atoms with Gasteiger partial charge in [-0.05, 0) is 31.2 Å². The molecular formula is C13H12N4O3. The molecule has 0 unspecified atom stereocenters. The van der Waals surface area contributed by atoms with E-state index in [1.54, 1.807) is 6.07 Å². The maximum Gasteiger partial charge on any atom is 0.433 e. The minimum Gasteiger partial charge on any atom is -0.404 e. The number of rotatable bonds is 4. The monoisotopic (exact) mass is 272 g/mol. The predicted octanol–water partition coefficient (Wildman–Crippen LogP) is 2.98. The Bertz CT molecular complexity index is 775. The molecule has 3 rings (SSSR count). The number of hydrogen-bond acceptors (Lipinski definition) is 5. The first-order valence-corrected chi connectivity index (χ1v) is 6.05. The van der Waals surface area contributed by atoms with E-state index in [0.29, 0.717) is 12.3 Å². The van der Waals surface area contributed by atoms with Gasteiger partial charge in [-0.1, -0.05) is 0 Å². The van der Waals surface area contributed by atoms with Crippen LogP contribution in [-0.2, 0) is 6.54 Å². The van der Waals surface area contributed by atoms with Crippen molar-refractivity contribution in [2.45, 2.75) is 13.5 Å². The highest BCUT2D eigenvalue weighted by Crippen LogP contribution is 2.20. The summed E-state index contributed by atoms with van der Waals surface area (Å²) in [7, 11) is 0. The van der Waals surface area contributed by atoms with Crippen LogP contribution in [0.2, 0.25) is 0 Å². The summed E-state index contributed by atoms with van der Waals surface area (Å²) in [6, 6.07) is 8.68. The first-order valence-electron chi connectivity index (χ1n) is 6.05. The fraction of sp³-hybridized carbons (Fsp3) is 0.154. The van der Waals surface area contributed by atoms with E-state index in [1.165, 1.54) is 6.07 Å². The molecule has 0 atom stereocenters. The van der Waals surface area contributed by atoms with E-state index in [-0.39, 0.29) is 5.88 Å². The summed E-state index contributed by atoms with van der Waals surface area (Å²) < 4.78 is 5.08. The van der Waals surface area contributed by atoms with E-state index in [4.69, 9.17) is 4.42 Å². The van der Waals surface area contributed by atoms with Crippen molar-refractivity contribution in [2.24, 2.45) is 0 Å². The van der Waals surface area contributed by atoms with Crippen LogP contribution in [0.4, 0.5) is 11.6 Å². The van der Waals surface area contributed by atoms with E-state index in [0.717, 1.165) is 22.5 Å². The van der Waals surface area contributed by atoms with Gasteiger partial charge < -0.3 is 14.7 Å². The van der Waals surface area contributed by atoms with E-state index in [1.807, 2.05) is 25.1 Å². The average Bonchev–Trinajstić information content (AvgIpc) is 3.00. The first-order chi connectivity index (χ1) is 9.61. The molecular weight excluding hydrogens is 260 g/mol. The number of nitro groups is 1. The lowest BCUT2D eigenvalue weighted by Crippen LogP contribution is -1.97. The first kappa shape index (κ1) is 12.2. The number of imidazole rings is 1. The Balaban J connectivity index is 1.73. The Labute approximate surface area is 113 Å². The van der Waals surface area contributed by atoms with Gasteiger partial charge in [-0.15, -0.1) is 0 Å². The van der Waals surface area contributed by atoms with Crippen molar-refractivity contribution in [3.63, 3.8) is 0 Å². The number of nitrogens with one attached hydrogen (secondary N) is 2. The standard InChI is InChI=1S/C13H12N4O3/c1-8-15-11-4-2-9(6-12(11)16-8)14-7-10-3-5-13(20-10)17(18)19/h2-6,14H,7H2,1H3,(H,15,16). The zero-order valence-corrected chi connectivity index (χ0v) is 10.7. The minimum atomic E-state index is -0.553. The number of nitrogens with zero attached hydrogens (tertiary/aromatic N) is 2. The van der Waals surface area contributed by atoms with Crippen LogP contribution in [0.15, 0.2) is 34.7 Å². The largest absolute Gasteiger partial charge is 0.433 e. The molecule has 0 amide bonds. The molecule has 3 aromatic rings. The summed E-state index contributed by atoms with van der Waals surface area (Å²) in [5.41, 5.74) is 2.74. The summed E-state index contributed by atoms with van der Waals surface area (Å²) in [5, 5.41) is 13.7. The molecule has 0 fully saturated rings. The average molecular weight is 272 g/mol. The molecule has 20 heavy (non-hydrogen) atoms. The number of benzene rings is 1. The van der Waals surface area contributed by atoms with Gasteiger partial charge in [0, 0.05) is 5.69 Å². The van der Waals surface area contributed by atoms with Gasteiger partial charge in [0.2, 0.25) is 0 Å². The summed E-state index contributed by atoms with van der Waals surface area (Å²) in [6.07, 6.45) is 0. The Morgan fingerprint density at radius 1 is 1.40 bits per heavy atom. The SMILES string of the molecule is Cc1nc2ccc(NCc3ccc([N+](=O)[O-])o3)cc2[nH]1. The normalized spacial score (nSPS) is 10.8. The lowest BCUT2D eigenvalue weighted by molar-refractivity contribution is -0.402. The highest BCUT2D eigenvalue weighted by molar-refractivity contribution is 5.79. The molecule has 0 saturated carbocycles. The molecule has 0 spiro atoms. The van der Waals surface area contributed by atoms with Crippen molar-refractivity contribution < 1.29 is 9.34 Å². The Morgan fingerprint density at radius 2 is 2.25 bits per heavy atom. The number of fused-ring (bicyclic) bond motifs is 1. The highest BCUT2D eigenvalue weighted by atomic mass is 16.6. The smallest absolute Gasteiger partial charge is 0.404 e. The van der Waals surface area contributed by atoms with Crippen LogP contribution in [0.25, 0.3) is 11.0 Å². The number of furan rings is 1. The molecule has 2 N–H and O–H groups in total. The van der Waals surface area contributed by atoms with Gasteiger partial charge in [0.1, 0.15) is 16.5 Å². The predicted molar refractivity (Wildman–Crippen MR) is 73.5 cm³/mol. The van der Waals surface area contributed by atoms with Gasteiger partial charge >= 0.3 is 5.88 Å². The molecule has 102 valence electrons. The van der Waals surface area contributed by atoms with Crippen molar-refractivity contribution in [3.05, 3.63) is 52.0 Å². The van der Waals surface area contributed by atoms with Gasteiger partial charge in [-0.2, -0.15) is 0 Å². The number of aromatic amines is 1. The Kier molecular flexibility index (Phi) is 2.86. The van der Waals surface area contributed by atoms with Crippen molar-refractivity contribution in [3.8, 4) is 0 Å². The maximum absolute atomic E-state index is 10.5. The van der Waals surface area contributed by atoms with Gasteiger partial charge in [0.25, 0.3) is 0 Å². The third-order valence-electron chi connectivity index (χ3n) is 2.89. The Hall–Kier alpha value is -2.83. The summed E-state index contributed by atoms with van der Waals surface area (Å²) in [4.78, 5) is 17.4. The van der Waals surface area contributed by atoms with Crippen LogP contribution in [-0.4, -0.2) is 14.9 Å². The topological polar surface area (TPSA) is 97.0 Å². The second-order valence-electron chi connectivity index (χ2n) is 4.40. The summed E-state index contributed by atoms with van der Waals surface area (Å²) in [5.74, 6) is 1.12. The molecule has 2 aromatic heterocycles. The lowest BCUT2D eigenvalue weighted by Gasteiger charge is -2.03. The van der Waals surface area contributed by atoms with Crippen molar-refractivity contribution in [1.29, 1.82) is 0 Å². The molecule has 7 nitrogen and oxygen atoms in total. The Morgan fingerprint density at radius 3 is 3.00 bits per heavy atom. The van der Waals surface area contributed by atoms with Crippen LogP contribution in [0.1, 0.15) is 11.6 Å². The molecule has 0 aliphatic heterocycles. The van der Waals surface area contributed by atoms with Crippen LogP contribution in [0.5, 0.6) is 0 Å². The zero-order chi connectivity index (χ0) is 14.1. The number of H-pyrrole nitrogens is 1. The summed E-state index contributed by atoms with van der Waals surface area (Å²) >= 11 is 0. The van der Waals surface area contributed by atoms with E-state index in [9.17, 15) is 10.1 Å². The second kappa shape index (κ2) is 4.69. The van der Waals surface area contributed by atoms with E-state index < -0.39 is 4.92 Å². The fourth-order valence-electron chi connectivity index (χ4n) is 2.00. The van der Waals surface area contributed by atoms with Gasteiger partial charge in [-0.25, -0.2) is 4.98 Å². The maximum atomic E-state index is 10.5. The molecule has 2 heterocycles. The molecule has 1 aromatic carbocycles. The van der Waals surface area contributed by atoms with E-state index in [2.05, 4.69) is 15.3 Å². The molecule has 0 bridgehead atoms. The van der Waals surface area contributed by atoms with E-state index >= 15 is 0 Å². The highest BCUT2D eigenvalue weighted by Gasteiger charge is 2.11. The summed E-state index contributed by atoms with van der Waals surface area (Å²) in [6.45, 7) is 2.28. The van der Waals surface area contributed by atoms with Crippen LogP contribution in [0.3, 0.4) is 0 Å². The molecule has 0 radical (unpaired) electrons. The van der Waals surface area contributed by atoms with Gasteiger partial charge in [0.15, 0.2) is 0 Å². The van der Waals surface area contributed by atoms with Crippen molar-refractivity contribution in [2.75, 3.05) is 5.32 Å². The molecule has 0 aliphatic rings. The van der Waals surface area contributed by atoms with Crippen molar-refractivity contribution in [1.82, 2.24) is 9.97 Å². The van der Waals surface area contributed by atoms with Crippen LogP contribution in [0, 0.1) is 17.0 Å².